The summed E-state index contributed by atoms with van der Waals surface area (Å²) in [7, 11) is 0. The van der Waals surface area contributed by atoms with E-state index in [1.807, 2.05) is 44.2 Å². The van der Waals surface area contributed by atoms with Crippen LogP contribution in [0.15, 0.2) is 30.3 Å². The zero-order valence-corrected chi connectivity index (χ0v) is 12.3. The largest absolute Gasteiger partial charge is 0.481 e. The SMILES string of the molecule is CC(N)c1ccccc1.CCCCC(C)CC(=O)O. The zero-order chi connectivity index (χ0) is 14.7. The molecule has 0 aliphatic heterocycles. The van der Waals surface area contributed by atoms with Crippen molar-refractivity contribution in [2.24, 2.45) is 11.7 Å². The molecule has 1 aromatic rings. The molecule has 0 spiro atoms. The Hall–Kier alpha value is -1.35. The van der Waals surface area contributed by atoms with E-state index in [4.69, 9.17) is 10.8 Å². The second kappa shape index (κ2) is 10.6. The molecular weight excluding hydrogens is 238 g/mol. The predicted molar refractivity (Wildman–Crippen MR) is 80.0 cm³/mol. The van der Waals surface area contributed by atoms with Crippen LogP contribution in [-0.4, -0.2) is 11.1 Å². The summed E-state index contributed by atoms with van der Waals surface area (Å²) in [5, 5.41) is 8.38. The van der Waals surface area contributed by atoms with E-state index in [1.54, 1.807) is 0 Å². The second-order valence-electron chi connectivity index (χ2n) is 5.04. The first kappa shape index (κ1) is 17.6. The average Bonchev–Trinajstić information content (AvgIpc) is 2.37. The van der Waals surface area contributed by atoms with Crippen LogP contribution >= 0.6 is 0 Å². The third-order valence-corrected chi connectivity index (χ3v) is 2.90. The first-order valence-electron chi connectivity index (χ1n) is 6.99. The average molecular weight is 265 g/mol. The molecule has 0 saturated heterocycles. The van der Waals surface area contributed by atoms with Crippen LogP contribution in [0.3, 0.4) is 0 Å². The standard InChI is InChI=1S/C8H11N.C8H16O2/c1-7(9)8-5-3-2-4-6-8;1-3-4-5-7(2)6-8(9)10/h2-7H,9H2,1H3;7H,3-6H2,1-2H3,(H,9,10). The molecule has 3 heteroatoms. The van der Waals surface area contributed by atoms with Crippen molar-refractivity contribution in [3.63, 3.8) is 0 Å². The van der Waals surface area contributed by atoms with E-state index in [9.17, 15) is 4.79 Å². The summed E-state index contributed by atoms with van der Waals surface area (Å²) in [6.45, 7) is 6.09. The van der Waals surface area contributed by atoms with Crippen LogP contribution in [0.4, 0.5) is 0 Å². The summed E-state index contributed by atoms with van der Waals surface area (Å²) in [4.78, 5) is 10.2. The minimum atomic E-state index is -0.677. The van der Waals surface area contributed by atoms with E-state index in [0.717, 1.165) is 19.3 Å². The van der Waals surface area contributed by atoms with Gasteiger partial charge < -0.3 is 10.8 Å². The number of aliphatic carboxylic acids is 1. The molecule has 2 unspecified atom stereocenters. The highest BCUT2D eigenvalue weighted by Gasteiger charge is 2.05. The molecule has 108 valence electrons. The van der Waals surface area contributed by atoms with Gasteiger partial charge in [0.25, 0.3) is 0 Å². The number of carbonyl (C=O) groups is 1. The summed E-state index contributed by atoms with van der Waals surface area (Å²) >= 11 is 0. The van der Waals surface area contributed by atoms with Gasteiger partial charge in [0.15, 0.2) is 0 Å². The van der Waals surface area contributed by atoms with Crippen molar-refractivity contribution in [1.82, 2.24) is 0 Å². The van der Waals surface area contributed by atoms with Crippen LogP contribution in [0.2, 0.25) is 0 Å². The number of carboxylic acid groups (broad SMARTS) is 1. The fraction of sp³-hybridized carbons (Fsp3) is 0.562. The molecule has 0 saturated carbocycles. The van der Waals surface area contributed by atoms with E-state index >= 15 is 0 Å². The molecule has 0 heterocycles. The maximum atomic E-state index is 10.2. The molecule has 0 radical (unpaired) electrons. The van der Waals surface area contributed by atoms with Crippen molar-refractivity contribution in [2.75, 3.05) is 0 Å². The van der Waals surface area contributed by atoms with E-state index in [2.05, 4.69) is 6.92 Å². The lowest BCUT2D eigenvalue weighted by atomic mass is 10.0. The molecular formula is C16H27NO2. The third-order valence-electron chi connectivity index (χ3n) is 2.90. The first-order chi connectivity index (χ1) is 8.97. The fourth-order valence-electron chi connectivity index (χ4n) is 1.71. The zero-order valence-electron chi connectivity index (χ0n) is 12.3. The minimum Gasteiger partial charge on any atom is -0.481 e. The van der Waals surface area contributed by atoms with Crippen molar-refractivity contribution in [1.29, 1.82) is 0 Å². The molecule has 0 aliphatic rings. The summed E-state index contributed by atoms with van der Waals surface area (Å²) in [5.74, 6) is -0.332. The molecule has 1 rings (SSSR count). The quantitative estimate of drug-likeness (QED) is 0.817. The van der Waals surface area contributed by atoms with Crippen LogP contribution in [0.5, 0.6) is 0 Å². The Morgan fingerprint density at radius 1 is 1.26 bits per heavy atom. The maximum Gasteiger partial charge on any atom is 0.303 e. The number of unbranched alkanes of at least 4 members (excludes halogenated alkanes) is 1. The fourth-order valence-corrected chi connectivity index (χ4v) is 1.71. The highest BCUT2D eigenvalue weighted by atomic mass is 16.4. The molecule has 0 amide bonds. The van der Waals surface area contributed by atoms with Crippen LogP contribution in [0.25, 0.3) is 0 Å². The van der Waals surface area contributed by atoms with Crippen LogP contribution in [0, 0.1) is 5.92 Å². The lowest BCUT2D eigenvalue weighted by Gasteiger charge is -2.05. The Morgan fingerprint density at radius 2 is 1.84 bits per heavy atom. The number of hydrogen-bond donors (Lipinski definition) is 2. The number of hydrogen-bond acceptors (Lipinski definition) is 2. The molecule has 3 nitrogen and oxygen atoms in total. The molecule has 3 N–H and O–H groups in total. The summed E-state index contributed by atoms with van der Waals surface area (Å²) in [6.07, 6.45) is 3.67. The van der Waals surface area contributed by atoms with E-state index < -0.39 is 5.97 Å². The Kier molecular flexibility index (Phi) is 9.81. The van der Waals surface area contributed by atoms with Crippen LogP contribution in [-0.2, 0) is 4.79 Å². The Labute approximate surface area is 116 Å². The Morgan fingerprint density at radius 3 is 2.21 bits per heavy atom. The van der Waals surface area contributed by atoms with Crippen molar-refractivity contribution >= 4 is 5.97 Å². The predicted octanol–water partition coefficient (Wildman–Crippen LogP) is 3.99. The van der Waals surface area contributed by atoms with Gasteiger partial charge in [-0.25, -0.2) is 0 Å². The van der Waals surface area contributed by atoms with Gasteiger partial charge in [0.2, 0.25) is 0 Å². The number of nitrogens with two attached hydrogens (primary N) is 1. The normalized spacial score (nSPS) is 13.1. The summed E-state index contributed by atoms with van der Waals surface area (Å²) in [5.41, 5.74) is 6.81. The van der Waals surface area contributed by atoms with Gasteiger partial charge in [0.05, 0.1) is 0 Å². The molecule has 0 fully saturated rings. The molecule has 2 atom stereocenters. The second-order valence-corrected chi connectivity index (χ2v) is 5.04. The monoisotopic (exact) mass is 265 g/mol. The molecule has 0 bridgehead atoms. The van der Waals surface area contributed by atoms with Crippen LogP contribution < -0.4 is 5.73 Å². The Bertz CT molecular complexity index is 336. The van der Waals surface area contributed by atoms with Gasteiger partial charge in [-0.2, -0.15) is 0 Å². The Balaban J connectivity index is 0.000000342. The van der Waals surface area contributed by atoms with E-state index in [-0.39, 0.29) is 6.04 Å². The number of benzene rings is 1. The molecule has 19 heavy (non-hydrogen) atoms. The highest BCUT2D eigenvalue weighted by Crippen LogP contribution is 2.10. The number of carboxylic acids is 1. The van der Waals surface area contributed by atoms with Gasteiger partial charge in [0.1, 0.15) is 0 Å². The molecule has 0 aromatic heterocycles. The summed E-state index contributed by atoms with van der Waals surface area (Å²) in [6, 6.07) is 10.2. The summed E-state index contributed by atoms with van der Waals surface area (Å²) < 4.78 is 0. The maximum absolute atomic E-state index is 10.2. The third kappa shape index (κ3) is 10.3. The van der Waals surface area contributed by atoms with E-state index in [0.29, 0.717) is 12.3 Å². The van der Waals surface area contributed by atoms with Crippen molar-refractivity contribution in [2.45, 2.75) is 52.5 Å². The minimum absolute atomic E-state index is 0.159. The van der Waals surface area contributed by atoms with Gasteiger partial charge in [-0.05, 0) is 18.4 Å². The lowest BCUT2D eigenvalue weighted by molar-refractivity contribution is -0.138. The van der Waals surface area contributed by atoms with Crippen molar-refractivity contribution < 1.29 is 9.90 Å². The van der Waals surface area contributed by atoms with E-state index in [1.165, 1.54) is 5.56 Å². The highest BCUT2D eigenvalue weighted by molar-refractivity contribution is 5.66. The van der Waals surface area contributed by atoms with Gasteiger partial charge in [-0.1, -0.05) is 63.4 Å². The molecule has 0 aliphatic carbocycles. The number of rotatable bonds is 6. The van der Waals surface area contributed by atoms with Crippen molar-refractivity contribution in [3.8, 4) is 0 Å². The topological polar surface area (TPSA) is 63.3 Å². The van der Waals surface area contributed by atoms with Gasteiger partial charge in [-0.3, -0.25) is 4.79 Å². The van der Waals surface area contributed by atoms with Gasteiger partial charge in [0, 0.05) is 12.5 Å². The lowest BCUT2D eigenvalue weighted by Crippen LogP contribution is -2.03. The molecule has 1 aromatic carbocycles. The van der Waals surface area contributed by atoms with Crippen molar-refractivity contribution in [3.05, 3.63) is 35.9 Å². The van der Waals surface area contributed by atoms with Gasteiger partial charge >= 0.3 is 5.97 Å². The van der Waals surface area contributed by atoms with Crippen LogP contribution in [0.1, 0.15) is 58.1 Å². The van der Waals surface area contributed by atoms with Gasteiger partial charge in [-0.15, -0.1) is 0 Å². The smallest absolute Gasteiger partial charge is 0.303 e. The first-order valence-corrected chi connectivity index (χ1v) is 6.99.